The molecule has 3 rings (SSSR count). The van der Waals surface area contributed by atoms with Gasteiger partial charge in [-0.05, 0) is 11.1 Å². The van der Waals surface area contributed by atoms with E-state index >= 15 is 0 Å². The van der Waals surface area contributed by atoms with Gasteiger partial charge in [0.1, 0.15) is 11.2 Å². The number of hydrogen-bond donors (Lipinski definition) is 0. The van der Waals surface area contributed by atoms with E-state index in [2.05, 4.69) is 0 Å². The summed E-state index contributed by atoms with van der Waals surface area (Å²) in [7, 11) is 1.33. The van der Waals surface area contributed by atoms with Crippen molar-refractivity contribution in [1.82, 2.24) is 4.90 Å². The minimum Gasteiger partial charge on any atom is -0.468 e. The zero-order valence-electron chi connectivity index (χ0n) is 16.2. The highest BCUT2D eigenvalue weighted by molar-refractivity contribution is 8.00. The molecular formula is C22H23NO5S. The Morgan fingerprint density at radius 3 is 2.17 bits per heavy atom. The number of esters is 2. The van der Waals surface area contributed by atoms with E-state index in [1.54, 1.807) is 4.90 Å². The van der Waals surface area contributed by atoms with Gasteiger partial charge in [-0.3, -0.25) is 14.4 Å². The molecule has 1 saturated heterocycles. The van der Waals surface area contributed by atoms with E-state index in [4.69, 9.17) is 9.47 Å². The number of benzene rings is 2. The smallest absolute Gasteiger partial charge is 0.320 e. The predicted octanol–water partition coefficient (Wildman–Crippen LogP) is 2.48. The lowest BCUT2D eigenvalue weighted by Gasteiger charge is -2.31. The third-order valence-corrected chi connectivity index (χ3v) is 5.88. The van der Waals surface area contributed by atoms with Crippen molar-refractivity contribution in [3.8, 4) is 0 Å². The molecule has 1 heterocycles. The number of carbonyl (C=O) groups is 3. The molecule has 29 heavy (non-hydrogen) atoms. The van der Waals surface area contributed by atoms with Crippen LogP contribution in [-0.2, 0) is 23.9 Å². The van der Waals surface area contributed by atoms with Crippen LogP contribution in [0.4, 0.5) is 0 Å². The van der Waals surface area contributed by atoms with Crippen LogP contribution in [0.25, 0.3) is 0 Å². The average Bonchev–Trinajstić information content (AvgIpc) is 2.78. The van der Waals surface area contributed by atoms with Gasteiger partial charge in [-0.1, -0.05) is 60.7 Å². The van der Waals surface area contributed by atoms with Crippen LogP contribution < -0.4 is 0 Å². The van der Waals surface area contributed by atoms with E-state index < -0.39 is 17.1 Å². The van der Waals surface area contributed by atoms with Gasteiger partial charge < -0.3 is 14.4 Å². The van der Waals surface area contributed by atoms with Crippen LogP contribution in [-0.4, -0.2) is 60.6 Å². The van der Waals surface area contributed by atoms with Crippen LogP contribution in [0, 0.1) is 0 Å². The van der Waals surface area contributed by atoms with Gasteiger partial charge in [0.15, 0.2) is 6.61 Å². The summed E-state index contributed by atoms with van der Waals surface area (Å²) in [4.78, 5) is 38.7. The summed E-state index contributed by atoms with van der Waals surface area (Å²) in [6, 6.07) is 18.7. The topological polar surface area (TPSA) is 72.9 Å². The molecule has 0 spiro atoms. The lowest BCUT2D eigenvalue weighted by molar-refractivity contribution is -0.153. The summed E-state index contributed by atoms with van der Waals surface area (Å²) in [6.45, 7) is 0.414. The van der Waals surface area contributed by atoms with Crippen molar-refractivity contribution < 1.29 is 23.9 Å². The van der Waals surface area contributed by atoms with Gasteiger partial charge in [-0.2, -0.15) is 0 Å². The van der Waals surface area contributed by atoms with Gasteiger partial charge in [-0.25, -0.2) is 0 Å². The molecule has 1 fully saturated rings. The molecule has 1 atom stereocenters. The molecule has 0 unspecified atom stereocenters. The third kappa shape index (κ3) is 5.38. The first-order chi connectivity index (χ1) is 14.1. The molecule has 0 radical (unpaired) electrons. The van der Waals surface area contributed by atoms with E-state index in [1.807, 2.05) is 60.7 Å². The van der Waals surface area contributed by atoms with E-state index in [1.165, 1.54) is 18.9 Å². The standard InChI is InChI=1S/C22H23NO5S/c1-27-21(25)18-14-23(12-13-29-18)19(24)15-28-22(26)20(16-8-4-2-5-9-16)17-10-6-3-7-11-17/h2-11,18,20H,12-15H2,1H3/t18-/m0/s1. The largest absolute Gasteiger partial charge is 0.468 e. The maximum absolute atomic E-state index is 12.9. The Labute approximate surface area is 174 Å². The first kappa shape index (κ1) is 20.9. The number of hydrogen-bond acceptors (Lipinski definition) is 6. The summed E-state index contributed by atoms with van der Waals surface area (Å²) >= 11 is 1.46. The summed E-state index contributed by atoms with van der Waals surface area (Å²) < 4.78 is 10.2. The van der Waals surface area contributed by atoms with Gasteiger partial charge >= 0.3 is 11.9 Å². The molecule has 1 amide bonds. The van der Waals surface area contributed by atoms with Crippen LogP contribution in [0.15, 0.2) is 60.7 Å². The second kappa shape index (κ2) is 10.1. The second-order valence-corrected chi connectivity index (χ2v) is 7.90. The van der Waals surface area contributed by atoms with Crippen molar-refractivity contribution in [3.05, 3.63) is 71.8 Å². The van der Waals surface area contributed by atoms with Crippen LogP contribution >= 0.6 is 11.8 Å². The van der Waals surface area contributed by atoms with Crippen LogP contribution in [0.5, 0.6) is 0 Å². The minimum atomic E-state index is -0.607. The highest BCUT2D eigenvalue weighted by atomic mass is 32.2. The average molecular weight is 413 g/mol. The van der Waals surface area contributed by atoms with Crippen LogP contribution in [0.3, 0.4) is 0 Å². The number of thioether (sulfide) groups is 1. The molecule has 0 bridgehead atoms. The molecule has 0 aliphatic carbocycles. The first-order valence-electron chi connectivity index (χ1n) is 9.34. The molecule has 0 aromatic heterocycles. The van der Waals surface area contributed by atoms with Crippen molar-refractivity contribution in [2.45, 2.75) is 11.2 Å². The van der Waals surface area contributed by atoms with Gasteiger partial charge in [0.25, 0.3) is 5.91 Å². The van der Waals surface area contributed by atoms with E-state index in [0.29, 0.717) is 12.3 Å². The summed E-state index contributed by atoms with van der Waals surface area (Å²) in [6.07, 6.45) is 0. The Kier molecular flexibility index (Phi) is 7.30. The maximum Gasteiger partial charge on any atom is 0.320 e. The molecule has 6 nitrogen and oxygen atoms in total. The zero-order valence-corrected chi connectivity index (χ0v) is 17.0. The fourth-order valence-corrected chi connectivity index (χ4v) is 4.34. The third-order valence-electron chi connectivity index (χ3n) is 4.72. The molecule has 1 aliphatic rings. The number of nitrogens with zero attached hydrogens (tertiary/aromatic N) is 1. The van der Waals surface area contributed by atoms with Gasteiger partial charge in [0, 0.05) is 18.8 Å². The Hall–Kier alpha value is -2.80. The minimum absolute atomic E-state index is 0.258. The molecule has 0 N–H and O–H groups in total. The van der Waals surface area contributed by atoms with Crippen molar-refractivity contribution in [1.29, 1.82) is 0 Å². The van der Waals surface area contributed by atoms with Crippen molar-refractivity contribution in [2.75, 3.05) is 32.6 Å². The molecule has 0 saturated carbocycles. The lowest BCUT2D eigenvalue weighted by atomic mass is 9.91. The van der Waals surface area contributed by atoms with Crippen LogP contribution in [0.1, 0.15) is 17.0 Å². The van der Waals surface area contributed by atoms with Crippen molar-refractivity contribution in [3.63, 3.8) is 0 Å². The monoisotopic (exact) mass is 413 g/mol. The maximum atomic E-state index is 12.9. The number of ether oxygens (including phenoxy) is 2. The van der Waals surface area contributed by atoms with Gasteiger partial charge in [-0.15, -0.1) is 11.8 Å². The highest BCUT2D eigenvalue weighted by Gasteiger charge is 2.31. The lowest BCUT2D eigenvalue weighted by Crippen LogP contribution is -2.46. The Bertz CT molecular complexity index is 803. The number of amides is 1. The van der Waals surface area contributed by atoms with E-state index in [-0.39, 0.29) is 25.0 Å². The summed E-state index contributed by atoms with van der Waals surface area (Å²) in [5.41, 5.74) is 1.60. The number of methoxy groups -OCH3 is 1. The molecule has 2 aromatic carbocycles. The highest BCUT2D eigenvalue weighted by Crippen LogP contribution is 2.26. The summed E-state index contributed by atoms with van der Waals surface area (Å²) in [5, 5.41) is -0.408. The quantitative estimate of drug-likeness (QED) is 0.678. The Balaban J connectivity index is 1.66. The van der Waals surface area contributed by atoms with Crippen molar-refractivity contribution >= 4 is 29.6 Å². The summed E-state index contributed by atoms with van der Waals surface area (Å²) in [5.74, 6) is -1.11. The zero-order chi connectivity index (χ0) is 20.6. The van der Waals surface area contributed by atoms with E-state index in [9.17, 15) is 14.4 Å². The molecule has 1 aliphatic heterocycles. The second-order valence-electron chi connectivity index (χ2n) is 6.58. The molecular weight excluding hydrogens is 390 g/mol. The number of carbonyl (C=O) groups excluding carboxylic acids is 3. The SMILES string of the molecule is COC(=O)[C@@H]1CN(C(=O)COC(=O)C(c2ccccc2)c2ccccc2)CCS1. The van der Waals surface area contributed by atoms with Gasteiger partial charge in [0.2, 0.25) is 0 Å². The van der Waals surface area contributed by atoms with E-state index in [0.717, 1.165) is 11.1 Å². The molecule has 7 heteroatoms. The predicted molar refractivity (Wildman–Crippen MR) is 111 cm³/mol. The Morgan fingerprint density at radius 2 is 1.62 bits per heavy atom. The van der Waals surface area contributed by atoms with Crippen molar-refractivity contribution in [2.24, 2.45) is 0 Å². The first-order valence-corrected chi connectivity index (χ1v) is 10.4. The normalized spacial score (nSPS) is 16.3. The molecule has 2 aromatic rings. The van der Waals surface area contributed by atoms with Gasteiger partial charge in [0.05, 0.1) is 7.11 Å². The Morgan fingerprint density at radius 1 is 1.03 bits per heavy atom. The fourth-order valence-electron chi connectivity index (χ4n) is 3.21. The van der Waals surface area contributed by atoms with Crippen LogP contribution in [0.2, 0.25) is 0 Å². The molecule has 152 valence electrons. The number of rotatable bonds is 6. The fraction of sp³-hybridized carbons (Fsp3) is 0.318.